The van der Waals surface area contributed by atoms with Crippen LogP contribution in [-0.2, 0) is 0 Å². The molecule has 0 aliphatic heterocycles. The van der Waals surface area contributed by atoms with Crippen LogP contribution in [0.2, 0.25) is 0 Å². The molecule has 23 heavy (non-hydrogen) atoms. The normalized spacial score (nSPS) is 24.0. The molecule has 2 rings (SSSR count). The van der Waals surface area contributed by atoms with E-state index in [1.165, 1.54) is 28.7 Å². The van der Waals surface area contributed by atoms with Crippen LogP contribution in [0.5, 0.6) is 0 Å². The first-order valence-electron chi connectivity index (χ1n) is 9.19. The van der Waals surface area contributed by atoms with E-state index in [0.29, 0.717) is 5.92 Å². The van der Waals surface area contributed by atoms with E-state index < -0.39 is 0 Å². The second kappa shape index (κ2) is 5.50. The maximum atomic E-state index is 2.42. The monoisotopic (exact) mass is 312 g/mol. The van der Waals surface area contributed by atoms with Gasteiger partial charge in [0.05, 0.1) is 0 Å². The molecular weight excluding hydrogens is 276 g/mol. The van der Waals surface area contributed by atoms with Crippen LogP contribution in [0.25, 0.3) is 0 Å². The quantitative estimate of drug-likeness (QED) is 0.509. The van der Waals surface area contributed by atoms with Gasteiger partial charge < -0.3 is 0 Å². The number of allylic oxidation sites excluding steroid dienone is 8. The molecule has 2 aliphatic rings. The fraction of sp³-hybridized carbons (Fsp3) is 0.652. The molecule has 0 heterocycles. The minimum absolute atomic E-state index is 0.183. The van der Waals surface area contributed by atoms with Gasteiger partial charge in [-0.2, -0.15) is 0 Å². The summed E-state index contributed by atoms with van der Waals surface area (Å²) in [5, 5.41) is 0. The number of hydrogen-bond donors (Lipinski definition) is 0. The molecule has 0 fully saturated rings. The average molecular weight is 313 g/mol. The first-order valence-corrected chi connectivity index (χ1v) is 9.19. The van der Waals surface area contributed by atoms with Crippen molar-refractivity contribution in [2.45, 2.75) is 82.6 Å². The summed E-state index contributed by atoms with van der Waals surface area (Å²) in [6.45, 7) is 26.0. The van der Waals surface area contributed by atoms with Crippen LogP contribution in [0, 0.1) is 16.7 Å². The molecule has 0 radical (unpaired) electrons. The zero-order chi connectivity index (χ0) is 17.9. The number of rotatable bonds is 3. The molecule has 0 atom stereocenters. The summed E-state index contributed by atoms with van der Waals surface area (Å²) in [6.07, 6.45) is 1.19. The first-order chi connectivity index (χ1) is 10.4. The SMILES string of the molecule is CCC(C1=C(C)C(C)=C(C)C1(C)C)C1=C(C)C(C)=C(C)C1(C)C. The molecular formula is C23H36. The lowest BCUT2D eigenvalue weighted by atomic mass is 9.66. The Labute approximate surface area is 144 Å². The second-order valence-corrected chi connectivity index (χ2v) is 8.79. The highest BCUT2D eigenvalue weighted by molar-refractivity contribution is 5.58. The van der Waals surface area contributed by atoms with Crippen molar-refractivity contribution in [2.24, 2.45) is 16.7 Å². The summed E-state index contributed by atoms with van der Waals surface area (Å²) in [5.41, 5.74) is 12.9. The van der Waals surface area contributed by atoms with Gasteiger partial charge in [0.15, 0.2) is 0 Å². The molecule has 0 amide bonds. The average Bonchev–Trinajstić information content (AvgIpc) is 2.72. The third-order valence-electron chi connectivity index (χ3n) is 7.38. The standard InChI is InChI=1S/C23H36/c1-12-19(20-15(4)13(2)17(6)22(20,8)9)21-16(5)14(3)18(7)23(21,10)11/h19H,12H2,1-11H3. The van der Waals surface area contributed by atoms with Crippen molar-refractivity contribution in [3.63, 3.8) is 0 Å². The fourth-order valence-electron chi connectivity index (χ4n) is 5.19. The molecule has 0 saturated heterocycles. The van der Waals surface area contributed by atoms with Crippen molar-refractivity contribution < 1.29 is 0 Å². The topological polar surface area (TPSA) is 0 Å². The Hall–Kier alpha value is -1.04. The third kappa shape index (κ3) is 2.32. The lowest BCUT2D eigenvalue weighted by Gasteiger charge is -2.38. The lowest BCUT2D eigenvalue weighted by Crippen LogP contribution is -2.27. The number of hydrogen-bond acceptors (Lipinski definition) is 0. The maximum absolute atomic E-state index is 2.42. The molecule has 0 aromatic rings. The third-order valence-corrected chi connectivity index (χ3v) is 7.38. The summed E-state index contributed by atoms with van der Waals surface area (Å²) in [5.74, 6) is 0.555. The molecule has 0 N–H and O–H groups in total. The predicted octanol–water partition coefficient (Wildman–Crippen LogP) is 7.40. The summed E-state index contributed by atoms with van der Waals surface area (Å²) >= 11 is 0. The summed E-state index contributed by atoms with van der Waals surface area (Å²) in [4.78, 5) is 0. The van der Waals surface area contributed by atoms with Gasteiger partial charge in [0.25, 0.3) is 0 Å². The van der Waals surface area contributed by atoms with Crippen LogP contribution in [-0.4, -0.2) is 0 Å². The van der Waals surface area contributed by atoms with E-state index in [-0.39, 0.29) is 10.8 Å². The maximum Gasteiger partial charge on any atom is 0.00788 e. The van der Waals surface area contributed by atoms with Crippen molar-refractivity contribution in [2.75, 3.05) is 0 Å². The Balaban J connectivity index is 2.65. The summed E-state index contributed by atoms with van der Waals surface area (Å²) in [7, 11) is 0. The van der Waals surface area contributed by atoms with E-state index >= 15 is 0 Å². The Morgan fingerprint density at radius 3 is 1.09 bits per heavy atom. The summed E-state index contributed by atoms with van der Waals surface area (Å²) in [6, 6.07) is 0. The van der Waals surface area contributed by atoms with E-state index in [2.05, 4.69) is 76.2 Å². The van der Waals surface area contributed by atoms with Crippen LogP contribution >= 0.6 is 0 Å². The molecule has 0 unspecified atom stereocenters. The van der Waals surface area contributed by atoms with E-state index in [4.69, 9.17) is 0 Å². The predicted molar refractivity (Wildman–Crippen MR) is 103 cm³/mol. The lowest BCUT2D eigenvalue weighted by molar-refractivity contribution is 0.415. The minimum Gasteiger partial charge on any atom is -0.0645 e. The van der Waals surface area contributed by atoms with Crippen LogP contribution in [0.15, 0.2) is 44.6 Å². The van der Waals surface area contributed by atoms with Gasteiger partial charge in [-0.3, -0.25) is 0 Å². The van der Waals surface area contributed by atoms with Crippen LogP contribution < -0.4 is 0 Å². The Morgan fingerprint density at radius 1 is 0.609 bits per heavy atom. The van der Waals surface area contributed by atoms with Gasteiger partial charge in [-0.05, 0) is 70.3 Å². The second-order valence-electron chi connectivity index (χ2n) is 8.79. The van der Waals surface area contributed by atoms with E-state index in [1.807, 2.05) is 0 Å². The van der Waals surface area contributed by atoms with Crippen LogP contribution in [0.3, 0.4) is 0 Å². The molecule has 0 bridgehead atoms. The molecule has 128 valence electrons. The largest absolute Gasteiger partial charge is 0.0645 e. The van der Waals surface area contributed by atoms with Gasteiger partial charge in [-0.1, -0.05) is 56.9 Å². The molecule has 2 aliphatic carbocycles. The minimum atomic E-state index is 0.183. The van der Waals surface area contributed by atoms with Crippen molar-refractivity contribution in [3.8, 4) is 0 Å². The van der Waals surface area contributed by atoms with Gasteiger partial charge in [-0.15, -0.1) is 0 Å². The molecule has 0 aromatic heterocycles. The highest BCUT2D eigenvalue weighted by Gasteiger charge is 2.44. The molecule has 0 aromatic carbocycles. The van der Waals surface area contributed by atoms with Gasteiger partial charge in [0, 0.05) is 16.7 Å². The summed E-state index contributed by atoms with van der Waals surface area (Å²) < 4.78 is 0. The zero-order valence-corrected chi connectivity index (χ0v) is 17.3. The van der Waals surface area contributed by atoms with E-state index in [9.17, 15) is 0 Å². The Kier molecular flexibility index (Phi) is 4.38. The van der Waals surface area contributed by atoms with Gasteiger partial charge in [0.1, 0.15) is 0 Å². The zero-order valence-electron chi connectivity index (χ0n) is 17.3. The van der Waals surface area contributed by atoms with E-state index in [1.54, 1.807) is 22.3 Å². The Bertz CT molecular complexity index is 611. The first kappa shape index (κ1) is 18.3. The molecule has 0 spiro atoms. The van der Waals surface area contributed by atoms with Gasteiger partial charge in [-0.25, -0.2) is 0 Å². The van der Waals surface area contributed by atoms with Crippen molar-refractivity contribution in [1.29, 1.82) is 0 Å². The highest BCUT2D eigenvalue weighted by Crippen LogP contribution is 2.57. The highest BCUT2D eigenvalue weighted by atomic mass is 14.5. The van der Waals surface area contributed by atoms with Crippen molar-refractivity contribution >= 4 is 0 Å². The fourth-order valence-corrected chi connectivity index (χ4v) is 5.19. The van der Waals surface area contributed by atoms with Gasteiger partial charge >= 0.3 is 0 Å². The van der Waals surface area contributed by atoms with Gasteiger partial charge in [0.2, 0.25) is 0 Å². The van der Waals surface area contributed by atoms with Crippen LogP contribution in [0.1, 0.15) is 82.6 Å². The Morgan fingerprint density at radius 2 is 0.913 bits per heavy atom. The molecule has 0 saturated carbocycles. The smallest absolute Gasteiger partial charge is 0.00788 e. The van der Waals surface area contributed by atoms with Crippen molar-refractivity contribution in [3.05, 3.63) is 44.6 Å². The van der Waals surface area contributed by atoms with Crippen LogP contribution in [0.4, 0.5) is 0 Å². The van der Waals surface area contributed by atoms with E-state index in [0.717, 1.165) is 0 Å². The molecule has 0 nitrogen and oxygen atoms in total. The molecule has 0 heteroatoms. The van der Waals surface area contributed by atoms with Crippen molar-refractivity contribution in [1.82, 2.24) is 0 Å².